The number of hydrogen-bond donors (Lipinski definition) is 2. The molecule has 1 atom stereocenters. The molecule has 1 aliphatic heterocycles. The van der Waals surface area contributed by atoms with Crippen LogP contribution in [0.4, 0.5) is 5.69 Å². The minimum absolute atomic E-state index is 0.139. The van der Waals surface area contributed by atoms with Crippen molar-refractivity contribution in [1.82, 2.24) is 10.2 Å². The summed E-state index contributed by atoms with van der Waals surface area (Å²) in [5.74, 6) is -0.480. The van der Waals surface area contributed by atoms with Gasteiger partial charge in [-0.05, 0) is 31.2 Å². The number of nitrogens with one attached hydrogen (secondary N) is 2. The molecule has 6 heteroatoms. The summed E-state index contributed by atoms with van der Waals surface area (Å²) in [7, 11) is 0. The summed E-state index contributed by atoms with van der Waals surface area (Å²) in [5, 5.41) is 5.36. The van der Waals surface area contributed by atoms with Crippen molar-refractivity contribution in [3.63, 3.8) is 0 Å². The van der Waals surface area contributed by atoms with E-state index in [2.05, 4.69) is 10.6 Å². The minimum Gasteiger partial charge on any atom is -0.353 e. The smallest absolute Gasteiger partial charge is 0.254 e. The summed E-state index contributed by atoms with van der Waals surface area (Å²) in [6, 6.07) is 6.16. The van der Waals surface area contributed by atoms with E-state index in [1.54, 1.807) is 36.1 Å². The molecule has 0 saturated carbocycles. The minimum atomic E-state index is -0.466. The number of amides is 3. The molecule has 0 bridgehead atoms. The van der Waals surface area contributed by atoms with E-state index in [0.29, 0.717) is 24.3 Å². The highest BCUT2D eigenvalue weighted by Gasteiger charge is 2.29. The summed E-state index contributed by atoms with van der Waals surface area (Å²) in [6.07, 6.45) is 0. The molecule has 20 heavy (non-hydrogen) atoms. The van der Waals surface area contributed by atoms with E-state index in [9.17, 15) is 14.4 Å². The van der Waals surface area contributed by atoms with Gasteiger partial charge in [-0.2, -0.15) is 0 Å². The van der Waals surface area contributed by atoms with Gasteiger partial charge in [-0.1, -0.05) is 0 Å². The Bertz CT molecular complexity index is 539. The van der Waals surface area contributed by atoms with E-state index in [1.807, 2.05) is 0 Å². The van der Waals surface area contributed by atoms with Crippen molar-refractivity contribution in [2.24, 2.45) is 0 Å². The maximum Gasteiger partial charge on any atom is 0.254 e. The molecule has 2 N–H and O–H groups in total. The Labute approximate surface area is 117 Å². The summed E-state index contributed by atoms with van der Waals surface area (Å²) in [4.78, 5) is 36.4. The predicted octanol–water partition coefficient (Wildman–Crippen LogP) is 0.605. The van der Waals surface area contributed by atoms with E-state index in [-0.39, 0.29) is 17.7 Å². The van der Waals surface area contributed by atoms with Gasteiger partial charge < -0.3 is 15.5 Å². The number of rotatable bonds is 2. The van der Waals surface area contributed by atoms with Crippen molar-refractivity contribution in [1.29, 1.82) is 0 Å². The van der Waals surface area contributed by atoms with Gasteiger partial charge in [-0.25, -0.2) is 0 Å². The van der Waals surface area contributed by atoms with Crippen molar-refractivity contribution >= 4 is 23.4 Å². The molecule has 6 nitrogen and oxygen atoms in total. The molecule has 3 amide bonds. The third kappa shape index (κ3) is 2.96. The SMILES string of the molecule is CC(=O)Nc1ccc(C(=O)N2CCNC(=O)C2C)cc1. The Balaban J connectivity index is 2.12. The Morgan fingerprint density at radius 3 is 2.55 bits per heavy atom. The first kappa shape index (κ1) is 14.0. The zero-order valence-corrected chi connectivity index (χ0v) is 11.5. The van der Waals surface area contributed by atoms with Crippen LogP contribution in [0.5, 0.6) is 0 Å². The highest BCUT2D eigenvalue weighted by molar-refractivity contribution is 5.98. The maximum atomic E-state index is 12.3. The average molecular weight is 275 g/mol. The van der Waals surface area contributed by atoms with Gasteiger partial charge in [0.15, 0.2) is 0 Å². The van der Waals surface area contributed by atoms with E-state index in [0.717, 1.165) is 0 Å². The fraction of sp³-hybridized carbons (Fsp3) is 0.357. The number of benzene rings is 1. The van der Waals surface area contributed by atoms with E-state index >= 15 is 0 Å². The molecule has 0 aromatic heterocycles. The molecular formula is C14H17N3O3. The molecule has 1 aromatic rings. The summed E-state index contributed by atoms with van der Waals surface area (Å²) in [5.41, 5.74) is 1.14. The van der Waals surface area contributed by atoms with E-state index in [4.69, 9.17) is 0 Å². The van der Waals surface area contributed by atoms with Gasteiger partial charge in [-0.15, -0.1) is 0 Å². The van der Waals surface area contributed by atoms with Crippen molar-refractivity contribution < 1.29 is 14.4 Å². The normalized spacial score (nSPS) is 18.4. The number of hydrogen-bond acceptors (Lipinski definition) is 3. The van der Waals surface area contributed by atoms with Crippen LogP contribution in [-0.4, -0.2) is 41.8 Å². The van der Waals surface area contributed by atoms with Crippen molar-refractivity contribution in [2.45, 2.75) is 19.9 Å². The summed E-state index contributed by atoms with van der Waals surface area (Å²) in [6.45, 7) is 4.10. The van der Waals surface area contributed by atoms with Gasteiger partial charge in [-0.3, -0.25) is 14.4 Å². The lowest BCUT2D eigenvalue weighted by atomic mass is 10.1. The topological polar surface area (TPSA) is 78.5 Å². The quantitative estimate of drug-likeness (QED) is 0.830. The summed E-state index contributed by atoms with van der Waals surface area (Å²) >= 11 is 0. The first-order chi connectivity index (χ1) is 9.49. The van der Waals surface area contributed by atoms with Gasteiger partial charge in [0.05, 0.1) is 0 Å². The second-order valence-electron chi connectivity index (χ2n) is 4.72. The fourth-order valence-electron chi connectivity index (χ4n) is 2.13. The van der Waals surface area contributed by atoms with Crippen molar-refractivity contribution in [3.8, 4) is 0 Å². The van der Waals surface area contributed by atoms with Gasteiger partial charge >= 0.3 is 0 Å². The molecule has 106 valence electrons. The lowest BCUT2D eigenvalue weighted by molar-refractivity contribution is -0.127. The third-order valence-corrected chi connectivity index (χ3v) is 3.21. The number of anilines is 1. The number of carbonyl (C=O) groups is 3. The molecule has 2 rings (SSSR count). The monoisotopic (exact) mass is 275 g/mol. The lowest BCUT2D eigenvalue weighted by Gasteiger charge is -2.32. The van der Waals surface area contributed by atoms with Crippen LogP contribution in [0.2, 0.25) is 0 Å². The Morgan fingerprint density at radius 1 is 1.30 bits per heavy atom. The summed E-state index contributed by atoms with van der Waals surface area (Å²) < 4.78 is 0. The number of carbonyl (C=O) groups excluding carboxylic acids is 3. The van der Waals surface area contributed by atoms with Crippen molar-refractivity contribution in [3.05, 3.63) is 29.8 Å². The van der Waals surface area contributed by atoms with Gasteiger partial charge in [0.1, 0.15) is 6.04 Å². The highest BCUT2D eigenvalue weighted by Crippen LogP contribution is 2.14. The lowest BCUT2D eigenvalue weighted by Crippen LogP contribution is -2.55. The zero-order chi connectivity index (χ0) is 14.7. The number of nitrogens with zero attached hydrogens (tertiary/aromatic N) is 1. The average Bonchev–Trinajstić information content (AvgIpc) is 2.41. The molecule has 1 fully saturated rings. The first-order valence-electron chi connectivity index (χ1n) is 6.45. The van der Waals surface area contributed by atoms with Crippen LogP contribution in [0.25, 0.3) is 0 Å². The second kappa shape index (κ2) is 5.73. The zero-order valence-electron chi connectivity index (χ0n) is 11.5. The largest absolute Gasteiger partial charge is 0.353 e. The standard InChI is InChI=1S/C14H17N3O3/c1-9-13(19)15-7-8-17(9)14(20)11-3-5-12(6-4-11)16-10(2)18/h3-6,9H,7-8H2,1-2H3,(H,15,19)(H,16,18). The molecule has 1 heterocycles. The number of piperazine rings is 1. The predicted molar refractivity (Wildman–Crippen MR) is 74.3 cm³/mol. The Morgan fingerprint density at radius 2 is 1.95 bits per heavy atom. The molecule has 1 saturated heterocycles. The first-order valence-corrected chi connectivity index (χ1v) is 6.45. The van der Waals surface area contributed by atoms with Gasteiger partial charge in [0.2, 0.25) is 11.8 Å². The van der Waals surface area contributed by atoms with Crippen LogP contribution in [0, 0.1) is 0 Å². The van der Waals surface area contributed by atoms with E-state index in [1.165, 1.54) is 6.92 Å². The van der Waals surface area contributed by atoms with Crippen LogP contribution in [0.3, 0.4) is 0 Å². The van der Waals surface area contributed by atoms with Crippen LogP contribution in [0.15, 0.2) is 24.3 Å². The van der Waals surface area contributed by atoms with E-state index < -0.39 is 6.04 Å². The molecule has 0 spiro atoms. The second-order valence-corrected chi connectivity index (χ2v) is 4.72. The molecule has 0 radical (unpaired) electrons. The Kier molecular flexibility index (Phi) is 4.02. The molecule has 1 aliphatic rings. The molecule has 1 unspecified atom stereocenters. The van der Waals surface area contributed by atoms with Crippen LogP contribution in [0.1, 0.15) is 24.2 Å². The van der Waals surface area contributed by atoms with Crippen molar-refractivity contribution in [2.75, 3.05) is 18.4 Å². The van der Waals surface area contributed by atoms with Gasteiger partial charge in [0, 0.05) is 31.3 Å². The maximum absolute atomic E-state index is 12.3. The van der Waals surface area contributed by atoms with Gasteiger partial charge in [0.25, 0.3) is 5.91 Å². The third-order valence-electron chi connectivity index (χ3n) is 3.21. The van der Waals surface area contributed by atoms with Crippen LogP contribution in [-0.2, 0) is 9.59 Å². The van der Waals surface area contributed by atoms with Crippen LogP contribution < -0.4 is 10.6 Å². The molecule has 0 aliphatic carbocycles. The fourth-order valence-corrected chi connectivity index (χ4v) is 2.13. The molecule has 1 aromatic carbocycles. The Hall–Kier alpha value is -2.37. The molecular weight excluding hydrogens is 258 g/mol. The highest BCUT2D eigenvalue weighted by atomic mass is 16.2. The van der Waals surface area contributed by atoms with Crippen LogP contribution >= 0.6 is 0 Å².